The van der Waals surface area contributed by atoms with Crippen molar-refractivity contribution in [2.24, 2.45) is 0 Å². The van der Waals surface area contributed by atoms with Crippen molar-refractivity contribution in [2.45, 2.75) is 44.6 Å². The molecule has 0 unspecified atom stereocenters. The van der Waals surface area contributed by atoms with Crippen molar-refractivity contribution in [2.75, 3.05) is 0 Å². The van der Waals surface area contributed by atoms with Crippen molar-refractivity contribution in [3.63, 3.8) is 0 Å². The van der Waals surface area contributed by atoms with E-state index in [-0.39, 0.29) is 5.91 Å². The van der Waals surface area contributed by atoms with Gasteiger partial charge in [-0.05, 0) is 24.5 Å². The Balaban J connectivity index is 2.39. The molecule has 25 heavy (non-hydrogen) atoms. The number of unbranched alkanes of at least 4 members (excludes halogenated alkanes) is 1. The molecule has 0 bridgehead atoms. The zero-order chi connectivity index (χ0) is 18.3. The van der Waals surface area contributed by atoms with Crippen LogP contribution in [0, 0.1) is 0 Å². The monoisotopic (exact) mass is 339 g/mol. The summed E-state index contributed by atoms with van der Waals surface area (Å²) in [6.07, 6.45) is 2.07. The second-order valence-electron chi connectivity index (χ2n) is 6.36. The van der Waals surface area contributed by atoms with E-state index in [1.165, 1.54) is 0 Å². The number of hydrogen-bond acceptors (Lipinski definition) is 2. The summed E-state index contributed by atoms with van der Waals surface area (Å²) in [6, 6.07) is 18.0. The van der Waals surface area contributed by atoms with E-state index in [9.17, 15) is 14.7 Å². The molecule has 2 aromatic rings. The highest BCUT2D eigenvalue weighted by Gasteiger charge is 2.38. The molecule has 1 amide bonds. The number of carboxylic acid groups (broad SMARTS) is 1. The number of rotatable bonds is 8. The van der Waals surface area contributed by atoms with Crippen molar-refractivity contribution in [1.82, 2.24) is 5.32 Å². The second-order valence-corrected chi connectivity index (χ2v) is 6.36. The van der Waals surface area contributed by atoms with Crippen LogP contribution in [0.5, 0.6) is 0 Å². The number of nitrogens with one attached hydrogen (secondary N) is 1. The molecule has 2 rings (SSSR count). The van der Waals surface area contributed by atoms with Crippen LogP contribution in [0.2, 0.25) is 0 Å². The number of carbonyl (C=O) groups excluding carboxylic acids is 1. The molecule has 2 N–H and O–H groups in total. The fourth-order valence-corrected chi connectivity index (χ4v) is 2.94. The van der Waals surface area contributed by atoms with E-state index in [2.05, 4.69) is 5.32 Å². The number of aliphatic carboxylic acids is 1. The molecule has 0 aliphatic rings. The van der Waals surface area contributed by atoms with Crippen molar-refractivity contribution >= 4 is 11.9 Å². The molecule has 0 saturated heterocycles. The Hall–Kier alpha value is -2.62. The van der Waals surface area contributed by atoms with Gasteiger partial charge in [-0.25, -0.2) is 4.79 Å². The normalized spacial score (nSPS) is 12.4. The van der Waals surface area contributed by atoms with Crippen LogP contribution < -0.4 is 5.32 Å². The lowest BCUT2D eigenvalue weighted by Crippen LogP contribution is -2.50. The average molecular weight is 339 g/mol. The highest BCUT2D eigenvalue weighted by Crippen LogP contribution is 2.32. The zero-order valence-corrected chi connectivity index (χ0v) is 14.7. The minimum atomic E-state index is -0.995. The number of carbonyl (C=O) groups is 2. The molecular formula is C21H25NO3. The molecule has 1 atom stereocenters. The summed E-state index contributed by atoms with van der Waals surface area (Å²) in [5, 5.41) is 12.2. The largest absolute Gasteiger partial charge is 0.480 e. The van der Waals surface area contributed by atoms with Gasteiger partial charge >= 0.3 is 5.97 Å². The van der Waals surface area contributed by atoms with Crippen LogP contribution in [0.3, 0.4) is 0 Å². The van der Waals surface area contributed by atoms with Crippen LogP contribution >= 0.6 is 0 Å². The Kier molecular flexibility index (Phi) is 6.34. The van der Waals surface area contributed by atoms with Crippen molar-refractivity contribution in [1.29, 1.82) is 0 Å². The maximum atomic E-state index is 13.2. The summed E-state index contributed by atoms with van der Waals surface area (Å²) in [5.74, 6) is -1.29. The first-order chi connectivity index (χ1) is 12.0. The third-order valence-corrected chi connectivity index (χ3v) is 4.61. The SMILES string of the molecule is CCCC[C@H](NC(=O)C(C)(c1ccccc1)c1ccccc1)C(=O)O. The first kappa shape index (κ1) is 18.7. The average Bonchev–Trinajstić information content (AvgIpc) is 2.65. The predicted molar refractivity (Wildman–Crippen MR) is 98.4 cm³/mol. The molecule has 4 heteroatoms. The summed E-state index contributed by atoms with van der Waals surface area (Å²) >= 11 is 0. The maximum absolute atomic E-state index is 13.2. The standard InChI is InChI=1S/C21H25NO3/c1-3-4-15-18(19(23)24)22-20(25)21(2,16-11-7-5-8-12-16)17-13-9-6-10-14-17/h5-14,18H,3-4,15H2,1-2H3,(H,22,25)(H,23,24)/t18-/m0/s1. The molecular weight excluding hydrogens is 314 g/mol. The van der Waals surface area contributed by atoms with Crippen LogP contribution in [0.4, 0.5) is 0 Å². The zero-order valence-electron chi connectivity index (χ0n) is 14.7. The Labute approximate surface area is 148 Å². The summed E-state index contributed by atoms with van der Waals surface area (Å²) < 4.78 is 0. The topological polar surface area (TPSA) is 66.4 Å². The molecule has 132 valence electrons. The smallest absolute Gasteiger partial charge is 0.326 e. The van der Waals surface area contributed by atoms with Gasteiger partial charge < -0.3 is 10.4 Å². The van der Waals surface area contributed by atoms with Gasteiger partial charge in [-0.3, -0.25) is 4.79 Å². The Morgan fingerprint density at radius 2 is 1.48 bits per heavy atom. The lowest BCUT2D eigenvalue weighted by molar-refractivity contribution is -0.142. The van der Waals surface area contributed by atoms with E-state index >= 15 is 0 Å². The minimum Gasteiger partial charge on any atom is -0.480 e. The van der Waals surface area contributed by atoms with Crippen LogP contribution in [0.15, 0.2) is 60.7 Å². The van der Waals surface area contributed by atoms with Crippen LogP contribution in [0.25, 0.3) is 0 Å². The second kappa shape index (κ2) is 8.47. The van der Waals surface area contributed by atoms with Gasteiger partial charge in [0.15, 0.2) is 0 Å². The van der Waals surface area contributed by atoms with Crippen LogP contribution in [-0.4, -0.2) is 23.0 Å². The minimum absolute atomic E-state index is 0.298. The van der Waals surface area contributed by atoms with Gasteiger partial charge in [-0.15, -0.1) is 0 Å². The first-order valence-electron chi connectivity index (χ1n) is 8.65. The van der Waals surface area contributed by atoms with E-state index in [4.69, 9.17) is 0 Å². The number of carboxylic acids is 1. The van der Waals surface area contributed by atoms with Gasteiger partial charge in [0, 0.05) is 0 Å². The molecule has 0 aliphatic heterocycles. The Bertz CT molecular complexity index is 658. The van der Waals surface area contributed by atoms with Crippen molar-refractivity contribution in [3.05, 3.63) is 71.8 Å². The van der Waals surface area contributed by atoms with E-state index < -0.39 is 17.4 Å². The summed E-state index contributed by atoms with van der Waals surface area (Å²) in [5.41, 5.74) is 0.708. The van der Waals surface area contributed by atoms with E-state index in [1.54, 1.807) is 0 Å². The molecule has 0 fully saturated rings. The van der Waals surface area contributed by atoms with Gasteiger partial charge in [0.2, 0.25) is 5.91 Å². The molecule has 0 aromatic heterocycles. The third-order valence-electron chi connectivity index (χ3n) is 4.61. The first-order valence-corrected chi connectivity index (χ1v) is 8.65. The van der Waals surface area contributed by atoms with Crippen LogP contribution in [0.1, 0.15) is 44.2 Å². The lowest BCUT2D eigenvalue weighted by atomic mass is 9.75. The van der Waals surface area contributed by atoms with Crippen molar-refractivity contribution in [3.8, 4) is 0 Å². The lowest BCUT2D eigenvalue weighted by Gasteiger charge is -2.31. The molecule has 0 spiro atoms. The number of hydrogen-bond donors (Lipinski definition) is 2. The van der Waals surface area contributed by atoms with Gasteiger partial charge in [0.25, 0.3) is 0 Å². The third kappa shape index (κ3) is 4.27. The summed E-state index contributed by atoms with van der Waals surface area (Å²) in [6.45, 7) is 3.84. The van der Waals surface area contributed by atoms with Gasteiger partial charge in [-0.2, -0.15) is 0 Å². The predicted octanol–water partition coefficient (Wildman–Crippen LogP) is 3.75. The van der Waals surface area contributed by atoms with Crippen molar-refractivity contribution < 1.29 is 14.7 Å². The number of benzene rings is 2. The van der Waals surface area contributed by atoms with E-state index in [0.717, 1.165) is 24.0 Å². The van der Waals surface area contributed by atoms with E-state index in [1.807, 2.05) is 74.5 Å². The fraction of sp³-hybridized carbons (Fsp3) is 0.333. The molecule has 0 aliphatic carbocycles. The quantitative estimate of drug-likeness (QED) is 0.770. The van der Waals surface area contributed by atoms with Gasteiger partial charge in [0.1, 0.15) is 6.04 Å². The van der Waals surface area contributed by atoms with E-state index in [0.29, 0.717) is 6.42 Å². The molecule has 0 heterocycles. The fourth-order valence-electron chi connectivity index (χ4n) is 2.94. The summed E-state index contributed by atoms with van der Waals surface area (Å²) in [4.78, 5) is 24.7. The molecule has 4 nitrogen and oxygen atoms in total. The highest BCUT2D eigenvalue weighted by molar-refractivity contribution is 5.94. The Morgan fingerprint density at radius 1 is 1.00 bits per heavy atom. The molecule has 2 aromatic carbocycles. The number of amides is 1. The maximum Gasteiger partial charge on any atom is 0.326 e. The summed E-state index contributed by atoms with van der Waals surface area (Å²) in [7, 11) is 0. The van der Waals surface area contributed by atoms with Gasteiger partial charge in [0.05, 0.1) is 5.41 Å². The highest BCUT2D eigenvalue weighted by atomic mass is 16.4. The van der Waals surface area contributed by atoms with Crippen LogP contribution in [-0.2, 0) is 15.0 Å². The molecule has 0 radical (unpaired) electrons. The van der Waals surface area contributed by atoms with Gasteiger partial charge in [-0.1, -0.05) is 80.4 Å². The Morgan fingerprint density at radius 3 is 1.88 bits per heavy atom. The molecule has 0 saturated carbocycles.